The molecule has 0 aliphatic carbocycles. The number of carbonyl (C=O) groups is 1. The molecule has 1 N–H and O–H groups in total. The number of aliphatic carboxylic acids is 1. The largest absolute Gasteiger partial charge is 0.477 e. The van der Waals surface area contributed by atoms with Gasteiger partial charge >= 0.3 is 5.97 Å². The van der Waals surface area contributed by atoms with Gasteiger partial charge in [0.25, 0.3) is 0 Å². The Morgan fingerprint density at radius 1 is 1.05 bits per heavy atom. The molecule has 0 aromatic heterocycles. The Balaban J connectivity index is 2.13. The van der Waals surface area contributed by atoms with Crippen LogP contribution < -0.4 is 0 Å². The zero-order chi connectivity index (χ0) is 13.2. The number of hydrogen-bond donors (Lipinski definition) is 1. The van der Waals surface area contributed by atoms with E-state index in [9.17, 15) is 9.90 Å². The lowest BCUT2D eigenvalue weighted by Crippen LogP contribution is -2.23. The maximum Gasteiger partial charge on any atom is 0.350 e. The van der Waals surface area contributed by atoms with E-state index in [0.717, 1.165) is 16.7 Å². The van der Waals surface area contributed by atoms with Gasteiger partial charge in [-0.1, -0.05) is 54.6 Å². The zero-order valence-corrected chi connectivity index (χ0v) is 10.3. The normalized spacial score (nSPS) is 17.5. The Kier molecular flexibility index (Phi) is 2.88. The molecule has 0 fully saturated rings. The second kappa shape index (κ2) is 4.69. The van der Waals surface area contributed by atoms with Gasteiger partial charge in [-0.15, -0.1) is 0 Å². The molecule has 3 nitrogen and oxygen atoms in total. The van der Waals surface area contributed by atoms with Crippen molar-refractivity contribution in [3.63, 3.8) is 0 Å². The van der Waals surface area contributed by atoms with E-state index in [1.807, 2.05) is 54.6 Å². The fourth-order valence-corrected chi connectivity index (χ4v) is 2.43. The fourth-order valence-electron chi connectivity index (χ4n) is 2.43. The van der Waals surface area contributed by atoms with Crippen LogP contribution in [0.4, 0.5) is 0 Å². The van der Waals surface area contributed by atoms with Gasteiger partial charge in [-0.3, -0.25) is 4.99 Å². The number of nitrogens with zero attached hydrogens (tertiary/aromatic N) is 1. The van der Waals surface area contributed by atoms with Gasteiger partial charge in [-0.25, -0.2) is 4.79 Å². The molecule has 1 heterocycles. The number of fused-ring (bicyclic) bond motifs is 1. The third-order valence-corrected chi connectivity index (χ3v) is 3.35. The lowest BCUT2D eigenvalue weighted by molar-refractivity contribution is -0.129. The summed E-state index contributed by atoms with van der Waals surface area (Å²) < 4.78 is 0. The number of aliphatic imine (C=N–C) groups is 1. The first kappa shape index (κ1) is 11.7. The van der Waals surface area contributed by atoms with Crippen molar-refractivity contribution in [1.82, 2.24) is 0 Å². The van der Waals surface area contributed by atoms with Crippen LogP contribution in [0, 0.1) is 0 Å². The molecular formula is C16H13NO2. The van der Waals surface area contributed by atoms with Crippen LogP contribution in [0.5, 0.6) is 0 Å². The second-order valence-electron chi connectivity index (χ2n) is 4.57. The molecule has 94 valence electrons. The van der Waals surface area contributed by atoms with Crippen LogP contribution in [0.3, 0.4) is 0 Å². The second-order valence-corrected chi connectivity index (χ2v) is 4.57. The van der Waals surface area contributed by atoms with E-state index in [1.165, 1.54) is 0 Å². The average Bonchev–Trinajstić information content (AvgIpc) is 2.47. The van der Waals surface area contributed by atoms with E-state index < -0.39 is 5.97 Å². The van der Waals surface area contributed by atoms with Crippen molar-refractivity contribution in [3.8, 4) is 0 Å². The summed E-state index contributed by atoms with van der Waals surface area (Å²) in [4.78, 5) is 15.6. The predicted molar refractivity (Wildman–Crippen MR) is 73.5 cm³/mol. The summed E-state index contributed by atoms with van der Waals surface area (Å²) >= 11 is 0. The summed E-state index contributed by atoms with van der Waals surface area (Å²) in [5.74, 6) is -0.935. The van der Waals surface area contributed by atoms with Crippen molar-refractivity contribution in [3.05, 3.63) is 71.3 Å². The minimum absolute atomic E-state index is 0.211. The van der Waals surface area contributed by atoms with E-state index in [0.29, 0.717) is 6.42 Å². The van der Waals surface area contributed by atoms with Gasteiger partial charge in [-0.2, -0.15) is 0 Å². The zero-order valence-electron chi connectivity index (χ0n) is 10.3. The minimum Gasteiger partial charge on any atom is -0.477 e. The van der Waals surface area contributed by atoms with Crippen LogP contribution in [-0.4, -0.2) is 16.8 Å². The first-order chi connectivity index (χ1) is 9.25. The quantitative estimate of drug-likeness (QED) is 0.892. The van der Waals surface area contributed by atoms with Crippen molar-refractivity contribution in [2.75, 3.05) is 0 Å². The molecule has 1 unspecified atom stereocenters. The van der Waals surface area contributed by atoms with E-state index in [4.69, 9.17) is 0 Å². The molecule has 0 spiro atoms. The molecule has 2 aromatic rings. The standard InChI is InChI=1S/C16H13NO2/c18-16(19)14-10-12-8-4-5-9-13(12)15(17-14)11-6-2-1-3-7-11/h1-9,15H,10H2,(H,18,19). The van der Waals surface area contributed by atoms with Crippen LogP contribution >= 0.6 is 0 Å². The lowest BCUT2D eigenvalue weighted by Gasteiger charge is -2.22. The molecule has 1 aliphatic heterocycles. The number of rotatable bonds is 2. The average molecular weight is 251 g/mol. The Hall–Kier alpha value is -2.42. The molecule has 0 radical (unpaired) electrons. The fraction of sp³-hybridized carbons (Fsp3) is 0.125. The van der Waals surface area contributed by atoms with Crippen molar-refractivity contribution < 1.29 is 9.90 Å². The Bertz CT molecular complexity index is 647. The highest BCUT2D eigenvalue weighted by molar-refractivity contribution is 6.36. The van der Waals surface area contributed by atoms with Crippen molar-refractivity contribution >= 4 is 11.7 Å². The van der Waals surface area contributed by atoms with Crippen LogP contribution in [-0.2, 0) is 11.2 Å². The van der Waals surface area contributed by atoms with Gasteiger partial charge < -0.3 is 5.11 Å². The number of hydrogen-bond acceptors (Lipinski definition) is 2. The molecule has 19 heavy (non-hydrogen) atoms. The van der Waals surface area contributed by atoms with E-state index in [1.54, 1.807) is 0 Å². The third-order valence-electron chi connectivity index (χ3n) is 3.35. The van der Waals surface area contributed by atoms with Crippen LogP contribution in [0.1, 0.15) is 22.7 Å². The van der Waals surface area contributed by atoms with E-state index in [-0.39, 0.29) is 11.8 Å². The van der Waals surface area contributed by atoms with Gasteiger partial charge in [-0.05, 0) is 16.7 Å². The van der Waals surface area contributed by atoms with Crippen LogP contribution in [0.25, 0.3) is 0 Å². The molecule has 1 aliphatic rings. The molecule has 3 rings (SSSR count). The van der Waals surface area contributed by atoms with Gasteiger partial charge in [0.15, 0.2) is 0 Å². The van der Waals surface area contributed by atoms with Gasteiger partial charge in [0.05, 0.1) is 0 Å². The summed E-state index contributed by atoms with van der Waals surface area (Å²) in [6, 6.07) is 17.5. The summed E-state index contributed by atoms with van der Waals surface area (Å²) in [5, 5.41) is 9.20. The molecule has 0 amide bonds. The highest BCUT2D eigenvalue weighted by Crippen LogP contribution is 2.32. The summed E-state index contributed by atoms with van der Waals surface area (Å²) in [6.45, 7) is 0. The first-order valence-corrected chi connectivity index (χ1v) is 6.18. The highest BCUT2D eigenvalue weighted by atomic mass is 16.4. The SMILES string of the molecule is O=C(O)C1=NC(c2ccccc2)c2ccccc2C1. The topological polar surface area (TPSA) is 49.7 Å². The smallest absolute Gasteiger partial charge is 0.350 e. The van der Waals surface area contributed by atoms with Crippen molar-refractivity contribution in [2.45, 2.75) is 12.5 Å². The Morgan fingerprint density at radius 3 is 2.47 bits per heavy atom. The summed E-state index contributed by atoms with van der Waals surface area (Å²) in [6.07, 6.45) is 0.398. The molecule has 0 bridgehead atoms. The molecule has 1 atom stereocenters. The maximum absolute atomic E-state index is 11.2. The van der Waals surface area contributed by atoms with Crippen LogP contribution in [0.2, 0.25) is 0 Å². The molecule has 3 heteroatoms. The van der Waals surface area contributed by atoms with Crippen LogP contribution in [0.15, 0.2) is 59.6 Å². The lowest BCUT2D eigenvalue weighted by atomic mass is 9.89. The van der Waals surface area contributed by atoms with Crippen molar-refractivity contribution in [2.24, 2.45) is 4.99 Å². The third kappa shape index (κ3) is 2.15. The number of benzene rings is 2. The van der Waals surface area contributed by atoms with E-state index >= 15 is 0 Å². The van der Waals surface area contributed by atoms with E-state index in [2.05, 4.69) is 4.99 Å². The Morgan fingerprint density at radius 2 is 1.74 bits per heavy atom. The number of carboxylic acids is 1. The van der Waals surface area contributed by atoms with Gasteiger partial charge in [0, 0.05) is 6.42 Å². The molecule has 0 saturated heterocycles. The Labute approximate surface area is 111 Å². The summed E-state index contributed by atoms with van der Waals surface area (Å²) in [7, 11) is 0. The van der Waals surface area contributed by atoms with Crippen molar-refractivity contribution in [1.29, 1.82) is 0 Å². The maximum atomic E-state index is 11.2. The first-order valence-electron chi connectivity index (χ1n) is 6.18. The minimum atomic E-state index is -0.935. The summed E-state index contributed by atoms with van der Waals surface area (Å²) in [5.41, 5.74) is 3.39. The highest BCUT2D eigenvalue weighted by Gasteiger charge is 2.25. The monoisotopic (exact) mass is 251 g/mol. The van der Waals surface area contributed by atoms with Gasteiger partial charge in [0.1, 0.15) is 11.8 Å². The molecule has 0 saturated carbocycles. The predicted octanol–water partition coefficient (Wildman–Crippen LogP) is 2.86. The van der Waals surface area contributed by atoms with Gasteiger partial charge in [0.2, 0.25) is 0 Å². The number of carboxylic acid groups (broad SMARTS) is 1. The molecular weight excluding hydrogens is 238 g/mol. The molecule has 2 aromatic carbocycles.